The number of hydrogen-bond acceptors (Lipinski definition) is 8. The van der Waals surface area contributed by atoms with Crippen LogP contribution >= 0.6 is 0 Å². The summed E-state index contributed by atoms with van der Waals surface area (Å²) in [6.07, 6.45) is -7.29. The number of fused-ring (bicyclic) bond motifs is 1. The number of rotatable bonds is 19. The Bertz CT molecular complexity index is 1450. The van der Waals surface area contributed by atoms with Gasteiger partial charge in [-0.2, -0.15) is 26.3 Å². The molecule has 1 aliphatic heterocycles. The van der Waals surface area contributed by atoms with Crippen molar-refractivity contribution in [2.75, 3.05) is 70.7 Å². The number of alkyl halides is 6. The number of hydrogen-bond donors (Lipinski definition) is 2. The molecule has 3 aromatic carbocycles. The highest BCUT2D eigenvalue weighted by Gasteiger charge is 2.30. The maximum atomic E-state index is 12.7. The molecule has 0 radical (unpaired) electrons. The van der Waals surface area contributed by atoms with Gasteiger partial charge in [-0.25, -0.2) is 0 Å². The van der Waals surface area contributed by atoms with Crippen LogP contribution in [0.15, 0.2) is 60.7 Å². The van der Waals surface area contributed by atoms with Gasteiger partial charge in [0.15, 0.2) is 36.2 Å². The molecule has 0 unspecified atom stereocenters. The fourth-order valence-electron chi connectivity index (χ4n) is 5.40. The third-order valence-corrected chi connectivity index (χ3v) is 7.60. The molecule has 49 heavy (non-hydrogen) atoms. The zero-order valence-electron chi connectivity index (χ0n) is 26.7. The van der Waals surface area contributed by atoms with Gasteiger partial charge in [0.05, 0.1) is 11.3 Å². The van der Waals surface area contributed by atoms with Crippen LogP contribution in [0.3, 0.4) is 0 Å². The summed E-state index contributed by atoms with van der Waals surface area (Å²) in [5, 5.41) is 9.27. The number of para-hydroxylation sites is 4. The minimum absolute atomic E-state index is 0.0252. The Morgan fingerprint density at radius 3 is 1.78 bits per heavy atom. The van der Waals surface area contributed by atoms with Crippen LogP contribution in [0.25, 0.3) is 0 Å². The van der Waals surface area contributed by atoms with E-state index in [1.165, 1.54) is 36.4 Å². The molecule has 15 heteroatoms. The second kappa shape index (κ2) is 17.3. The van der Waals surface area contributed by atoms with E-state index in [0.29, 0.717) is 57.5 Å². The third-order valence-electron chi connectivity index (χ3n) is 7.60. The maximum Gasteiger partial charge on any atom is 0.422 e. The monoisotopic (exact) mass is 699 g/mol. The predicted octanol–water partition coefficient (Wildman–Crippen LogP) is 5.42. The van der Waals surface area contributed by atoms with Crippen molar-refractivity contribution in [1.29, 1.82) is 0 Å². The van der Waals surface area contributed by atoms with Gasteiger partial charge in [-0.15, -0.1) is 0 Å². The van der Waals surface area contributed by atoms with Gasteiger partial charge in [-0.3, -0.25) is 9.69 Å². The number of halogens is 6. The number of nitrogens with two attached hydrogens (primary N) is 1. The van der Waals surface area contributed by atoms with Gasteiger partial charge in [0.1, 0.15) is 13.2 Å². The van der Waals surface area contributed by atoms with E-state index < -0.39 is 31.5 Å². The zero-order chi connectivity index (χ0) is 35.4. The number of anilines is 1. The highest BCUT2D eigenvalue weighted by molar-refractivity contribution is 6.00. The molecule has 9 nitrogen and oxygen atoms in total. The van der Waals surface area contributed by atoms with Crippen molar-refractivity contribution >= 4 is 11.6 Å². The molecule has 268 valence electrons. The van der Waals surface area contributed by atoms with Gasteiger partial charge in [0, 0.05) is 39.3 Å². The molecule has 1 aliphatic rings. The fraction of sp³-hybridized carbons (Fsp3) is 0.441. The average molecular weight is 700 g/mol. The first-order valence-corrected chi connectivity index (χ1v) is 15.7. The SMILES string of the molecule is NC(=O)c1cc(CCN(CCOc2ccccc2OCC(F)(F)F)CCOc2ccccc2OCC(F)(F)F)cc2c1N(CCCO)CC2. The lowest BCUT2D eigenvalue weighted by Crippen LogP contribution is -2.34. The second-order valence-corrected chi connectivity index (χ2v) is 11.3. The summed E-state index contributed by atoms with van der Waals surface area (Å²) in [6, 6.07) is 15.8. The molecule has 0 saturated carbocycles. The lowest BCUT2D eigenvalue weighted by Gasteiger charge is -2.24. The standard InChI is InChI=1S/C34H39F6N3O6/c35-33(36,37)22-48-29-8-3-1-6-27(29)46-18-15-42(16-19-47-28-7-2-4-9-30(28)49-23-34(38,39)40)13-10-24-20-25-11-14-43(12-5-17-44)31(25)26(21-24)32(41)45/h1-4,6-9,20-21,44H,5,10-19,22-23H2,(H2,41,45). The van der Waals surface area contributed by atoms with E-state index >= 15 is 0 Å². The van der Waals surface area contributed by atoms with Crippen LogP contribution < -0.4 is 29.6 Å². The Labute approximate surface area is 280 Å². The van der Waals surface area contributed by atoms with E-state index in [0.717, 1.165) is 16.8 Å². The number of primary amides is 1. The Morgan fingerprint density at radius 2 is 1.31 bits per heavy atom. The summed E-state index contributed by atoms with van der Waals surface area (Å²) in [5.41, 5.74) is 8.77. The van der Waals surface area contributed by atoms with Crippen molar-refractivity contribution in [2.45, 2.75) is 31.6 Å². The highest BCUT2D eigenvalue weighted by Crippen LogP contribution is 2.34. The Morgan fingerprint density at radius 1 is 0.796 bits per heavy atom. The van der Waals surface area contributed by atoms with Crippen LogP contribution in [-0.4, -0.2) is 94.0 Å². The number of nitrogens with zero attached hydrogens (tertiary/aromatic N) is 2. The van der Waals surface area contributed by atoms with Crippen LogP contribution in [0, 0.1) is 0 Å². The summed E-state index contributed by atoms with van der Waals surface area (Å²) in [6.45, 7) is -0.474. The molecule has 0 fully saturated rings. The molecule has 3 aromatic rings. The number of amides is 1. The van der Waals surface area contributed by atoms with Crippen LogP contribution in [0.4, 0.5) is 32.0 Å². The highest BCUT2D eigenvalue weighted by atomic mass is 19.4. The summed E-state index contributed by atoms with van der Waals surface area (Å²) in [4.78, 5) is 16.4. The van der Waals surface area contributed by atoms with Crippen molar-refractivity contribution in [3.63, 3.8) is 0 Å². The van der Waals surface area contributed by atoms with E-state index in [9.17, 15) is 36.2 Å². The summed E-state index contributed by atoms with van der Waals surface area (Å²) >= 11 is 0. The van der Waals surface area contributed by atoms with Gasteiger partial charge < -0.3 is 34.7 Å². The van der Waals surface area contributed by atoms with Crippen LogP contribution in [0.1, 0.15) is 27.9 Å². The Kier molecular flexibility index (Phi) is 13.2. The Balaban J connectivity index is 1.45. The van der Waals surface area contributed by atoms with E-state index in [1.54, 1.807) is 18.2 Å². The van der Waals surface area contributed by atoms with Crippen molar-refractivity contribution in [2.24, 2.45) is 5.73 Å². The largest absolute Gasteiger partial charge is 0.488 e. The smallest absolute Gasteiger partial charge is 0.422 e. The summed E-state index contributed by atoms with van der Waals surface area (Å²) in [5.74, 6) is -0.417. The predicted molar refractivity (Wildman–Crippen MR) is 170 cm³/mol. The molecule has 0 aromatic heterocycles. The molecule has 0 saturated heterocycles. The lowest BCUT2D eigenvalue weighted by atomic mass is 10.00. The zero-order valence-corrected chi connectivity index (χ0v) is 26.7. The molecule has 0 atom stereocenters. The van der Waals surface area contributed by atoms with E-state index in [-0.39, 0.29) is 42.8 Å². The van der Waals surface area contributed by atoms with Crippen molar-refractivity contribution < 1.29 is 55.2 Å². The van der Waals surface area contributed by atoms with Gasteiger partial charge in [0.25, 0.3) is 5.91 Å². The third kappa shape index (κ3) is 11.9. The minimum Gasteiger partial charge on any atom is -0.488 e. The second-order valence-electron chi connectivity index (χ2n) is 11.3. The van der Waals surface area contributed by atoms with Crippen LogP contribution in [0.5, 0.6) is 23.0 Å². The first kappa shape index (κ1) is 37.4. The number of carbonyl (C=O) groups is 1. The molecule has 3 N–H and O–H groups in total. The average Bonchev–Trinajstić information content (AvgIpc) is 3.46. The minimum atomic E-state index is -4.52. The fourth-order valence-corrected chi connectivity index (χ4v) is 5.40. The summed E-state index contributed by atoms with van der Waals surface area (Å²) < 4.78 is 97.9. The van der Waals surface area contributed by atoms with Gasteiger partial charge in [-0.1, -0.05) is 30.3 Å². The van der Waals surface area contributed by atoms with Gasteiger partial charge >= 0.3 is 12.4 Å². The maximum absolute atomic E-state index is 12.7. The first-order chi connectivity index (χ1) is 23.3. The molecule has 0 spiro atoms. The van der Waals surface area contributed by atoms with Crippen LogP contribution in [-0.2, 0) is 12.8 Å². The molecule has 1 heterocycles. The molecular formula is C34H39F6N3O6. The van der Waals surface area contributed by atoms with E-state index in [1.807, 2.05) is 15.9 Å². The molecule has 0 aliphatic carbocycles. The van der Waals surface area contributed by atoms with Crippen molar-refractivity contribution in [1.82, 2.24) is 4.90 Å². The summed E-state index contributed by atoms with van der Waals surface area (Å²) in [7, 11) is 0. The normalized spacial score (nSPS) is 13.0. The molecule has 4 rings (SSSR count). The van der Waals surface area contributed by atoms with Gasteiger partial charge in [0.2, 0.25) is 0 Å². The molecular weight excluding hydrogens is 660 g/mol. The number of aliphatic hydroxyl groups is 1. The number of benzene rings is 3. The number of ether oxygens (including phenoxy) is 4. The van der Waals surface area contributed by atoms with E-state index in [4.69, 9.17) is 24.7 Å². The van der Waals surface area contributed by atoms with Gasteiger partial charge in [-0.05, 0) is 60.7 Å². The number of carbonyl (C=O) groups excluding carboxylic acids is 1. The van der Waals surface area contributed by atoms with Crippen molar-refractivity contribution in [3.05, 3.63) is 77.4 Å². The molecule has 1 amide bonds. The van der Waals surface area contributed by atoms with E-state index in [2.05, 4.69) is 0 Å². The topological polar surface area (TPSA) is 107 Å². The van der Waals surface area contributed by atoms with Crippen molar-refractivity contribution in [3.8, 4) is 23.0 Å². The van der Waals surface area contributed by atoms with Crippen LogP contribution in [0.2, 0.25) is 0 Å². The Hall–Kier alpha value is -4.37. The lowest BCUT2D eigenvalue weighted by molar-refractivity contribution is -0.154. The molecule has 0 bridgehead atoms. The quantitative estimate of drug-likeness (QED) is 0.160. The number of aliphatic hydroxyl groups excluding tert-OH is 1. The first-order valence-electron chi connectivity index (χ1n) is 15.7.